The second-order valence-corrected chi connectivity index (χ2v) is 5.24. The third kappa shape index (κ3) is 1.39. The van der Waals surface area contributed by atoms with Crippen molar-refractivity contribution >= 4 is 11.8 Å². The first-order valence-electron chi connectivity index (χ1n) is 5.73. The summed E-state index contributed by atoms with van der Waals surface area (Å²) in [6, 6.07) is 0. The van der Waals surface area contributed by atoms with Crippen molar-refractivity contribution in [1.29, 1.82) is 0 Å². The fraction of sp³-hybridized carbons (Fsp3) is 0.818. The average Bonchev–Trinajstić information content (AvgIpc) is 2.16. The number of hydrogen-bond acceptors (Lipinski definition) is 3. The lowest BCUT2D eigenvalue weighted by Crippen LogP contribution is -2.60. The van der Waals surface area contributed by atoms with Crippen LogP contribution in [0.4, 0.5) is 0 Å². The summed E-state index contributed by atoms with van der Waals surface area (Å²) >= 11 is 0. The number of imide groups is 1. The van der Waals surface area contributed by atoms with Gasteiger partial charge in [-0.2, -0.15) is 0 Å². The Morgan fingerprint density at radius 2 is 1.73 bits per heavy atom. The number of rotatable bonds is 0. The van der Waals surface area contributed by atoms with E-state index in [0.717, 1.165) is 19.6 Å². The van der Waals surface area contributed by atoms with E-state index in [1.165, 1.54) is 12.8 Å². The standard InChI is InChI=1S/C11H16N2O2/c14-9-5-11(6-10(15)12-9)7-13-3-1-8(11)2-4-13/h8H,1-7H2,(H,12,14,15). The van der Waals surface area contributed by atoms with Crippen LogP contribution in [0.1, 0.15) is 25.7 Å². The van der Waals surface area contributed by atoms with E-state index < -0.39 is 0 Å². The van der Waals surface area contributed by atoms with Gasteiger partial charge in [-0.15, -0.1) is 0 Å². The summed E-state index contributed by atoms with van der Waals surface area (Å²) in [5.74, 6) is 0.456. The Morgan fingerprint density at radius 3 is 2.20 bits per heavy atom. The van der Waals surface area contributed by atoms with E-state index >= 15 is 0 Å². The molecule has 15 heavy (non-hydrogen) atoms. The van der Waals surface area contributed by atoms with Crippen LogP contribution in [0.15, 0.2) is 0 Å². The smallest absolute Gasteiger partial charge is 0.227 e. The molecule has 0 unspecified atom stereocenters. The van der Waals surface area contributed by atoms with E-state index in [-0.39, 0.29) is 17.2 Å². The molecule has 0 aliphatic carbocycles. The lowest BCUT2D eigenvalue weighted by Gasteiger charge is -2.54. The van der Waals surface area contributed by atoms with Gasteiger partial charge in [0, 0.05) is 24.8 Å². The Balaban J connectivity index is 1.89. The molecule has 2 amide bonds. The Bertz CT molecular complexity index is 303. The maximum absolute atomic E-state index is 11.5. The van der Waals surface area contributed by atoms with Crippen LogP contribution < -0.4 is 5.32 Å². The van der Waals surface area contributed by atoms with Crippen molar-refractivity contribution in [3.63, 3.8) is 0 Å². The summed E-state index contributed by atoms with van der Waals surface area (Å²) in [5.41, 5.74) is -0.0179. The van der Waals surface area contributed by atoms with Crippen LogP contribution in [0.2, 0.25) is 0 Å². The summed E-state index contributed by atoms with van der Waals surface area (Å²) in [5, 5.41) is 2.41. The first kappa shape index (κ1) is 9.33. The highest BCUT2D eigenvalue weighted by molar-refractivity contribution is 5.98. The van der Waals surface area contributed by atoms with E-state index in [1.54, 1.807) is 0 Å². The van der Waals surface area contributed by atoms with Gasteiger partial charge in [0.15, 0.2) is 0 Å². The minimum Gasteiger partial charge on any atom is -0.303 e. The molecule has 0 aromatic heterocycles. The molecule has 4 aliphatic rings. The number of carbonyl (C=O) groups is 2. The minimum absolute atomic E-state index is 0.0179. The minimum atomic E-state index is -0.0694. The van der Waals surface area contributed by atoms with E-state index in [4.69, 9.17) is 0 Å². The fourth-order valence-corrected chi connectivity index (χ4v) is 3.62. The Morgan fingerprint density at radius 1 is 1.13 bits per heavy atom. The SMILES string of the molecule is O=C1CC2(CC(=O)N1)CN1CCC2CC1. The van der Waals surface area contributed by atoms with Crippen molar-refractivity contribution in [3.05, 3.63) is 0 Å². The van der Waals surface area contributed by atoms with E-state index in [2.05, 4.69) is 10.2 Å². The summed E-state index contributed by atoms with van der Waals surface area (Å²) in [7, 11) is 0. The third-order valence-electron chi connectivity index (χ3n) is 4.30. The lowest BCUT2D eigenvalue weighted by molar-refractivity contribution is -0.146. The van der Waals surface area contributed by atoms with Crippen molar-refractivity contribution in [1.82, 2.24) is 10.2 Å². The van der Waals surface area contributed by atoms with Gasteiger partial charge in [0.1, 0.15) is 0 Å². The number of hydrogen-bond donors (Lipinski definition) is 1. The topological polar surface area (TPSA) is 49.4 Å². The van der Waals surface area contributed by atoms with Gasteiger partial charge in [-0.25, -0.2) is 0 Å². The molecule has 0 aromatic carbocycles. The maximum atomic E-state index is 11.5. The Kier molecular flexibility index (Phi) is 1.89. The predicted octanol–water partition coefficient (Wildman–Crippen LogP) is 0.135. The van der Waals surface area contributed by atoms with Gasteiger partial charge in [0.2, 0.25) is 11.8 Å². The lowest BCUT2D eigenvalue weighted by atomic mass is 9.62. The summed E-state index contributed by atoms with van der Waals surface area (Å²) in [6.45, 7) is 3.27. The van der Waals surface area contributed by atoms with E-state index in [1.807, 2.05) is 0 Å². The molecule has 4 nitrogen and oxygen atoms in total. The van der Waals surface area contributed by atoms with Crippen LogP contribution in [-0.4, -0.2) is 36.3 Å². The van der Waals surface area contributed by atoms with Gasteiger partial charge in [-0.1, -0.05) is 0 Å². The van der Waals surface area contributed by atoms with Crippen LogP contribution in [-0.2, 0) is 9.59 Å². The highest BCUT2D eigenvalue weighted by atomic mass is 16.2. The molecule has 4 rings (SSSR count). The Hall–Kier alpha value is -0.900. The number of nitrogens with one attached hydrogen (secondary N) is 1. The largest absolute Gasteiger partial charge is 0.303 e. The van der Waals surface area contributed by atoms with Gasteiger partial charge in [0.05, 0.1) is 0 Å². The molecule has 4 heteroatoms. The second kappa shape index (κ2) is 3.04. The first-order valence-corrected chi connectivity index (χ1v) is 5.73. The highest BCUT2D eigenvalue weighted by Crippen LogP contribution is 2.48. The maximum Gasteiger partial charge on any atom is 0.227 e. The normalized spacial score (nSPS) is 38.1. The molecule has 1 N–H and O–H groups in total. The third-order valence-corrected chi connectivity index (χ3v) is 4.30. The van der Waals surface area contributed by atoms with Gasteiger partial charge < -0.3 is 4.90 Å². The number of fused-ring (bicyclic) bond motifs is 2. The number of piperidine rings is 4. The molecule has 0 radical (unpaired) electrons. The molecule has 0 saturated carbocycles. The monoisotopic (exact) mass is 208 g/mol. The second-order valence-electron chi connectivity index (χ2n) is 5.24. The van der Waals surface area contributed by atoms with Gasteiger partial charge in [-0.3, -0.25) is 14.9 Å². The molecule has 82 valence electrons. The van der Waals surface area contributed by atoms with Crippen LogP contribution in [0, 0.1) is 11.3 Å². The zero-order valence-electron chi connectivity index (χ0n) is 8.79. The van der Waals surface area contributed by atoms with Crippen LogP contribution in [0.3, 0.4) is 0 Å². The van der Waals surface area contributed by atoms with E-state index in [0.29, 0.717) is 18.8 Å². The average molecular weight is 208 g/mol. The van der Waals surface area contributed by atoms with Crippen molar-refractivity contribution < 1.29 is 9.59 Å². The van der Waals surface area contributed by atoms with Gasteiger partial charge >= 0.3 is 0 Å². The highest BCUT2D eigenvalue weighted by Gasteiger charge is 2.50. The zero-order chi connectivity index (χ0) is 10.5. The number of nitrogens with zero attached hydrogens (tertiary/aromatic N) is 1. The molecule has 4 heterocycles. The quantitative estimate of drug-likeness (QED) is 0.576. The van der Waals surface area contributed by atoms with Crippen LogP contribution in [0.25, 0.3) is 0 Å². The van der Waals surface area contributed by atoms with Crippen molar-refractivity contribution in [2.24, 2.45) is 11.3 Å². The molecule has 0 aromatic rings. The Labute approximate surface area is 89.0 Å². The summed E-state index contributed by atoms with van der Waals surface area (Å²) in [6.07, 6.45) is 3.45. The fourth-order valence-electron chi connectivity index (χ4n) is 3.62. The first-order chi connectivity index (χ1) is 7.18. The van der Waals surface area contributed by atoms with Crippen LogP contribution >= 0.6 is 0 Å². The molecular weight excluding hydrogens is 192 g/mol. The number of carbonyl (C=O) groups excluding carboxylic acids is 2. The number of amides is 2. The molecule has 0 atom stereocenters. The molecule has 4 fully saturated rings. The summed E-state index contributed by atoms with van der Waals surface area (Å²) < 4.78 is 0. The molecular formula is C11H16N2O2. The van der Waals surface area contributed by atoms with Crippen molar-refractivity contribution in [3.8, 4) is 0 Å². The van der Waals surface area contributed by atoms with E-state index in [9.17, 15) is 9.59 Å². The van der Waals surface area contributed by atoms with Crippen LogP contribution in [0.5, 0.6) is 0 Å². The molecule has 1 spiro atoms. The molecule has 2 bridgehead atoms. The van der Waals surface area contributed by atoms with Crippen molar-refractivity contribution in [2.45, 2.75) is 25.7 Å². The molecule has 4 aliphatic heterocycles. The molecule has 4 saturated heterocycles. The van der Waals surface area contributed by atoms with Gasteiger partial charge in [-0.05, 0) is 31.8 Å². The predicted molar refractivity (Wildman–Crippen MR) is 54.0 cm³/mol. The van der Waals surface area contributed by atoms with Gasteiger partial charge in [0.25, 0.3) is 0 Å². The van der Waals surface area contributed by atoms with Crippen molar-refractivity contribution in [2.75, 3.05) is 19.6 Å². The summed E-state index contributed by atoms with van der Waals surface area (Å²) in [4.78, 5) is 25.4. The zero-order valence-corrected chi connectivity index (χ0v) is 8.79.